The van der Waals surface area contributed by atoms with E-state index >= 15 is 0 Å². The van der Waals surface area contributed by atoms with E-state index in [0.29, 0.717) is 23.8 Å². The summed E-state index contributed by atoms with van der Waals surface area (Å²) in [5, 5.41) is 1.55. The number of carbonyl (C=O) groups excluding carboxylic acids is 1. The molecule has 10 heteroatoms. The molecule has 0 fully saturated rings. The average molecular weight is 497 g/mol. The van der Waals surface area contributed by atoms with Gasteiger partial charge < -0.3 is 4.90 Å². The van der Waals surface area contributed by atoms with Crippen molar-refractivity contribution in [1.29, 1.82) is 0 Å². The highest BCUT2D eigenvalue weighted by Gasteiger charge is 2.32. The molecule has 7 nitrogen and oxygen atoms in total. The number of aryl methyl sites for hydroxylation is 1. The second-order valence-electron chi connectivity index (χ2n) is 7.45. The van der Waals surface area contributed by atoms with Crippen LogP contribution in [0.5, 0.6) is 0 Å². The molecule has 0 unspecified atom stereocenters. The molecule has 3 rings (SSSR count). The lowest BCUT2D eigenvalue weighted by Crippen LogP contribution is -2.41. The Morgan fingerprint density at radius 3 is 2.22 bits per heavy atom. The quantitative estimate of drug-likeness (QED) is 0.583. The third-order valence-corrected chi connectivity index (χ3v) is 9.19. The number of hydrogen-bond acceptors (Lipinski definition) is 5. The monoisotopic (exact) mass is 496 g/mol. The minimum Gasteiger partial charge on any atom is -0.300 e. The number of hydrogen-bond donors (Lipinski definition) is 0. The van der Waals surface area contributed by atoms with Gasteiger partial charge in [-0.1, -0.05) is 31.5 Å². The van der Waals surface area contributed by atoms with Crippen LogP contribution in [0.25, 0.3) is 0 Å². The van der Waals surface area contributed by atoms with Gasteiger partial charge in [-0.05, 0) is 55.0 Å². The molecule has 172 valence electrons. The number of anilines is 1. The first kappa shape index (κ1) is 24.4. The van der Waals surface area contributed by atoms with Crippen LogP contribution in [0.1, 0.15) is 29.8 Å². The molecule has 1 amide bonds. The molecule has 0 radical (unpaired) electrons. The maximum absolute atomic E-state index is 13.4. The van der Waals surface area contributed by atoms with Gasteiger partial charge in [0.15, 0.2) is 9.84 Å². The predicted molar refractivity (Wildman–Crippen MR) is 126 cm³/mol. The minimum absolute atomic E-state index is 0.0889. The van der Waals surface area contributed by atoms with Crippen LogP contribution in [-0.2, 0) is 19.9 Å². The molecular weight excluding hydrogens is 472 g/mol. The maximum Gasteiger partial charge on any atom is 0.258 e. The molecule has 0 N–H and O–H groups in total. The van der Waals surface area contributed by atoms with Gasteiger partial charge in [0, 0.05) is 34.8 Å². The van der Waals surface area contributed by atoms with Crippen LogP contribution in [0.15, 0.2) is 58.8 Å². The number of carbonyl (C=O) groups is 1. The Morgan fingerprint density at radius 1 is 1.09 bits per heavy atom. The van der Waals surface area contributed by atoms with E-state index in [2.05, 4.69) is 0 Å². The molecule has 1 aliphatic rings. The standard InChI is InChI=1S/C22H25ClN2O5S2/c1-4-24(5-2)32(29,30)20-10-7-17(8-11-20)22(26)25(19-12-13-31(27,28)15-19)18-9-6-16(3)21(23)14-18/h6-14,19H,4-5,15H2,1-3H3/t19-/m1/s1. The second-order valence-corrected chi connectivity index (χ2v) is 11.7. The van der Waals surface area contributed by atoms with Crippen LogP contribution in [-0.4, -0.2) is 51.9 Å². The Labute approximate surface area is 194 Å². The number of sulfonamides is 1. The summed E-state index contributed by atoms with van der Waals surface area (Å²) in [6.07, 6.45) is 1.47. The topological polar surface area (TPSA) is 91.8 Å². The van der Waals surface area contributed by atoms with E-state index in [9.17, 15) is 21.6 Å². The van der Waals surface area contributed by atoms with E-state index in [1.54, 1.807) is 32.0 Å². The fourth-order valence-electron chi connectivity index (χ4n) is 3.53. The van der Waals surface area contributed by atoms with Crippen LogP contribution < -0.4 is 4.90 Å². The third kappa shape index (κ3) is 4.91. The first-order valence-electron chi connectivity index (χ1n) is 10.1. The van der Waals surface area contributed by atoms with E-state index in [1.807, 2.05) is 6.92 Å². The second kappa shape index (κ2) is 9.35. The fraction of sp³-hybridized carbons (Fsp3) is 0.318. The van der Waals surface area contributed by atoms with Gasteiger partial charge in [0.2, 0.25) is 10.0 Å². The van der Waals surface area contributed by atoms with Crippen LogP contribution in [0.3, 0.4) is 0 Å². The van der Waals surface area contributed by atoms with Gasteiger partial charge in [0.1, 0.15) is 0 Å². The zero-order valence-electron chi connectivity index (χ0n) is 18.0. The van der Waals surface area contributed by atoms with Crippen molar-refractivity contribution in [2.45, 2.75) is 31.7 Å². The lowest BCUT2D eigenvalue weighted by molar-refractivity contribution is 0.0983. The van der Waals surface area contributed by atoms with Gasteiger partial charge >= 0.3 is 0 Å². The molecule has 1 aliphatic heterocycles. The molecule has 0 saturated heterocycles. The number of sulfone groups is 1. The number of halogens is 1. The van der Waals surface area contributed by atoms with Gasteiger partial charge in [0.25, 0.3) is 5.91 Å². The van der Waals surface area contributed by atoms with Gasteiger partial charge in [-0.15, -0.1) is 0 Å². The normalized spacial score (nSPS) is 17.6. The molecule has 0 spiro atoms. The highest BCUT2D eigenvalue weighted by atomic mass is 35.5. The van der Waals surface area contributed by atoms with E-state index in [1.165, 1.54) is 39.5 Å². The third-order valence-electron chi connectivity index (χ3n) is 5.34. The molecule has 2 aromatic carbocycles. The van der Waals surface area contributed by atoms with Crippen molar-refractivity contribution in [3.05, 3.63) is 70.1 Å². The number of rotatable bonds is 7. The number of benzene rings is 2. The van der Waals surface area contributed by atoms with E-state index in [-0.39, 0.29) is 16.2 Å². The van der Waals surface area contributed by atoms with E-state index in [4.69, 9.17) is 11.6 Å². The highest BCUT2D eigenvalue weighted by Crippen LogP contribution is 2.29. The minimum atomic E-state index is -3.66. The lowest BCUT2D eigenvalue weighted by atomic mass is 10.1. The smallest absolute Gasteiger partial charge is 0.258 e. The molecule has 2 aromatic rings. The van der Waals surface area contributed by atoms with E-state index < -0.39 is 31.8 Å². The Kier molecular flexibility index (Phi) is 7.14. The van der Waals surface area contributed by atoms with Gasteiger partial charge in [-0.2, -0.15) is 4.31 Å². The Bertz CT molecular complexity index is 1250. The fourth-order valence-corrected chi connectivity index (χ4v) is 6.43. The largest absolute Gasteiger partial charge is 0.300 e. The molecule has 0 aliphatic carbocycles. The first-order chi connectivity index (χ1) is 15.0. The summed E-state index contributed by atoms with van der Waals surface area (Å²) in [5.41, 5.74) is 1.51. The van der Waals surface area contributed by atoms with Crippen molar-refractivity contribution in [3.8, 4) is 0 Å². The van der Waals surface area contributed by atoms with E-state index in [0.717, 1.165) is 11.0 Å². The Morgan fingerprint density at radius 2 is 1.72 bits per heavy atom. The highest BCUT2D eigenvalue weighted by molar-refractivity contribution is 7.94. The van der Waals surface area contributed by atoms with Gasteiger partial charge in [0.05, 0.1) is 16.7 Å². The summed E-state index contributed by atoms with van der Waals surface area (Å²) in [4.78, 5) is 14.9. The summed E-state index contributed by atoms with van der Waals surface area (Å²) < 4.78 is 50.8. The molecule has 1 atom stereocenters. The summed E-state index contributed by atoms with van der Waals surface area (Å²) >= 11 is 6.25. The summed E-state index contributed by atoms with van der Waals surface area (Å²) in [6.45, 7) is 6.01. The van der Waals surface area contributed by atoms with Crippen LogP contribution in [0.4, 0.5) is 5.69 Å². The van der Waals surface area contributed by atoms with Crippen molar-refractivity contribution in [1.82, 2.24) is 4.31 Å². The Balaban J connectivity index is 2.00. The van der Waals surface area contributed by atoms with Crippen LogP contribution in [0.2, 0.25) is 5.02 Å². The van der Waals surface area contributed by atoms with Crippen molar-refractivity contribution < 1.29 is 21.6 Å². The van der Waals surface area contributed by atoms with Crippen molar-refractivity contribution in [3.63, 3.8) is 0 Å². The Hall–Kier alpha value is -2.20. The zero-order chi connectivity index (χ0) is 23.7. The summed E-state index contributed by atoms with van der Waals surface area (Å²) in [6, 6.07) is 10.0. The van der Waals surface area contributed by atoms with Crippen LogP contribution in [0, 0.1) is 6.92 Å². The number of nitrogens with zero attached hydrogens (tertiary/aromatic N) is 2. The average Bonchev–Trinajstić information content (AvgIpc) is 3.10. The molecule has 1 heterocycles. The number of amides is 1. The molecule has 0 aromatic heterocycles. The maximum atomic E-state index is 13.4. The molecular formula is C22H25ClN2O5S2. The lowest BCUT2D eigenvalue weighted by Gasteiger charge is -2.28. The van der Waals surface area contributed by atoms with Crippen molar-refractivity contribution in [2.75, 3.05) is 23.7 Å². The molecule has 0 bridgehead atoms. The predicted octanol–water partition coefficient (Wildman–Crippen LogP) is 3.64. The first-order valence-corrected chi connectivity index (χ1v) is 13.6. The zero-order valence-corrected chi connectivity index (χ0v) is 20.4. The molecule has 0 saturated carbocycles. The van der Waals surface area contributed by atoms with Crippen LogP contribution >= 0.6 is 11.6 Å². The summed E-state index contributed by atoms with van der Waals surface area (Å²) in [7, 11) is -7.07. The van der Waals surface area contributed by atoms with Gasteiger partial charge in [-0.25, -0.2) is 16.8 Å². The SMILES string of the molecule is CCN(CC)S(=O)(=O)c1ccc(C(=O)N(c2ccc(C)c(Cl)c2)[C@@H]2C=CS(=O)(=O)C2)cc1. The van der Waals surface area contributed by atoms with Gasteiger partial charge in [-0.3, -0.25) is 4.79 Å². The van der Waals surface area contributed by atoms with Crippen molar-refractivity contribution >= 4 is 43.1 Å². The molecule has 32 heavy (non-hydrogen) atoms. The summed E-state index contributed by atoms with van der Waals surface area (Å²) in [5.74, 6) is -0.693. The van der Waals surface area contributed by atoms with Crippen molar-refractivity contribution in [2.24, 2.45) is 0 Å².